The van der Waals surface area contributed by atoms with Gasteiger partial charge in [-0.3, -0.25) is 9.59 Å². The highest BCUT2D eigenvalue weighted by atomic mass is 79.9. The van der Waals surface area contributed by atoms with Crippen LogP contribution in [0.5, 0.6) is 5.75 Å². The monoisotopic (exact) mass is 468 g/mol. The second-order valence-corrected chi connectivity index (χ2v) is 8.17. The molecule has 2 aromatic carbocycles. The number of aliphatic hydroxyl groups excluding tert-OH is 1. The number of ketones is 1. The number of methoxy groups -OCH3 is 1. The second kappa shape index (κ2) is 7.99. The van der Waals surface area contributed by atoms with Crippen LogP contribution in [0.3, 0.4) is 0 Å². The van der Waals surface area contributed by atoms with Gasteiger partial charge in [0.25, 0.3) is 5.91 Å². The standard InChI is InChI=1S/C23H21BrN2O4/c1-13(27)20-21(14-4-3-5-16(24)10-14)26(23(29)22(20)28)9-8-15-12-25-19-7-6-17(30-2)11-18(15)19/h3-7,10-12,21,25,28H,8-9H2,1-2H3/t21-/m1/s1. The van der Waals surface area contributed by atoms with Crippen molar-refractivity contribution in [3.8, 4) is 5.75 Å². The van der Waals surface area contributed by atoms with E-state index in [1.807, 2.05) is 48.7 Å². The molecular weight excluding hydrogens is 448 g/mol. The molecule has 3 aromatic rings. The number of aromatic nitrogens is 1. The first-order valence-corrected chi connectivity index (χ1v) is 10.3. The van der Waals surface area contributed by atoms with E-state index < -0.39 is 17.7 Å². The summed E-state index contributed by atoms with van der Waals surface area (Å²) in [5, 5.41) is 11.4. The van der Waals surface area contributed by atoms with Gasteiger partial charge >= 0.3 is 0 Å². The van der Waals surface area contributed by atoms with Crippen molar-refractivity contribution in [1.29, 1.82) is 0 Å². The van der Waals surface area contributed by atoms with Crippen LogP contribution in [-0.4, -0.2) is 40.3 Å². The zero-order valence-electron chi connectivity index (χ0n) is 16.6. The summed E-state index contributed by atoms with van der Waals surface area (Å²) in [7, 11) is 1.62. The number of H-pyrrole nitrogens is 1. The predicted molar refractivity (Wildman–Crippen MR) is 117 cm³/mol. The van der Waals surface area contributed by atoms with Crippen molar-refractivity contribution in [3.63, 3.8) is 0 Å². The molecule has 0 bridgehead atoms. The van der Waals surface area contributed by atoms with Crippen LogP contribution >= 0.6 is 15.9 Å². The maximum absolute atomic E-state index is 12.8. The average Bonchev–Trinajstić information content (AvgIpc) is 3.24. The van der Waals surface area contributed by atoms with Crippen molar-refractivity contribution in [2.45, 2.75) is 19.4 Å². The van der Waals surface area contributed by atoms with Crippen LogP contribution < -0.4 is 4.74 Å². The smallest absolute Gasteiger partial charge is 0.290 e. The third-order valence-electron chi connectivity index (χ3n) is 5.44. The lowest BCUT2D eigenvalue weighted by atomic mass is 9.96. The molecule has 154 valence electrons. The highest BCUT2D eigenvalue weighted by molar-refractivity contribution is 9.10. The number of hydrogen-bond donors (Lipinski definition) is 2. The molecule has 1 aliphatic heterocycles. The van der Waals surface area contributed by atoms with E-state index in [0.29, 0.717) is 13.0 Å². The number of Topliss-reactive ketones (excluding diaryl/α,β-unsaturated/α-hetero) is 1. The Kier molecular flexibility index (Phi) is 5.39. The minimum absolute atomic E-state index is 0.138. The molecule has 6 nitrogen and oxygen atoms in total. The molecule has 1 aromatic heterocycles. The topological polar surface area (TPSA) is 82.6 Å². The number of nitrogens with zero attached hydrogens (tertiary/aromatic N) is 1. The first-order valence-electron chi connectivity index (χ1n) is 9.55. The molecule has 30 heavy (non-hydrogen) atoms. The van der Waals surface area contributed by atoms with Gasteiger partial charge in [0.05, 0.1) is 18.7 Å². The first kappa shape index (κ1) is 20.2. The van der Waals surface area contributed by atoms with E-state index in [1.54, 1.807) is 12.0 Å². The lowest BCUT2D eigenvalue weighted by Crippen LogP contribution is -2.32. The summed E-state index contributed by atoms with van der Waals surface area (Å²) in [5.41, 5.74) is 2.92. The Labute approximate surface area is 182 Å². The van der Waals surface area contributed by atoms with Gasteiger partial charge in [-0.05, 0) is 54.8 Å². The Bertz CT molecular complexity index is 1180. The molecule has 0 spiro atoms. The van der Waals surface area contributed by atoms with Crippen LogP contribution in [-0.2, 0) is 16.0 Å². The lowest BCUT2D eigenvalue weighted by molar-refractivity contribution is -0.129. The second-order valence-electron chi connectivity index (χ2n) is 7.25. The number of amides is 1. The highest BCUT2D eigenvalue weighted by Crippen LogP contribution is 2.38. The van der Waals surface area contributed by atoms with Crippen LogP contribution in [0.2, 0.25) is 0 Å². The normalized spacial score (nSPS) is 16.6. The van der Waals surface area contributed by atoms with Crippen molar-refractivity contribution < 1.29 is 19.4 Å². The number of ether oxygens (including phenoxy) is 1. The summed E-state index contributed by atoms with van der Waals surface area (Å²) < 4.78 is 6.16. The van der Waals surface area contributed by atoms with E-state index in [9.17, 15) is 14.7 Å². The predicted octanol–water partition coefficient (Wildman–Crippen LogP) is 4.47. The summed E-state index contributed by atoms with van der Waals surface area (Å²) in [4.78, 5) is 29.9. The van der Waals surface area contributed by atoms with Gasteiger partial charge in [0, 0.05) is 28.1 Å². The van der Waals surface area contributed by atoms with Crippen molar-refractivity contribution >= 4 is 38.5 Å². The summed E-state index contributed by atoms with van der Waals surface area (Å²) >= 11 is 3.44. The number of fused-ring (bicyclic) bond motifs is 1. The molecule has 1 atom stereocenters. The molecule has 2 N–H and O–H groups in total. The van der Waals surface area contributed by atoms with E-state index in [2.05, 4.69) is 20.9 Å². The number of aromatic amines is 1. The minimum Gasteiger partial charge on any atom is -0.503 e. The van der Waals surface area contributed by atoms with E-state index in [0.717, 1.165) is 32.3 Å². The van der Waals surface area contributed by atoms with E-state index in [1.165, 1.54) is 6.92 Å². The number of carbonyl (C=O) groups excluding carboxylic acids is 2. The Morgan fingerprint density at radius 2 is 2.07 bits per heavy atom. The van der Waals surface area contributed by atoms with Crippen molar-refractivity contribution in [1.82, 2.24) is 9.88 Å². The van der Waals surface area contributed by atoms with Crippen LogP contribution in [0.1, 0.15) is 24.1 Å². The average molecular weight is 469 g/mol. The number of rotatable bonds is 6. The van der Waals surface area contributed by atoms with Crippen molar-refractivity contribution in [2.75, 3.05) is 13.7 Å². The van der Waals surface area contributed by atoms with Gasteiger partial charge in [-0.2, -0.15) is 0 Å². The largest absolute Gasteiger partial charge is 0.503 e. The Hall–Kier alpha value is -3.06. The zero-order valence-corrected chi connectivity index (χ0v) is 18.2. The maximum atomic E-state index is 12.8. The fraction of sp³-hybridized carbons (Fsp3) is 0.217. The molecule has 0 aliphatic carbocycles. The molecule has 1 amide bonds. The number of halogens is 1. The number of hydrogen-bond acceptors (Lipinski definition) is 4. The van der Waals surface area contributed by atoms with Crippen LogP contribution in [0, 0.1) is 0 Å². The molecule has 0 unspecified atom stereocenters. The molecule has 0 radical (unpaired) electrons. The molecule has 0 saturated carbocycles. The Morgan fingerprint density at radius 3 is 2.77 bits per heavy atom. The third-order valence-corrected chi connectivity index (χ3v) is 5.94. The van der Waals surface area contributed by atoms with Gasteiger partial charge in [-0.15, -0.1) is 0 Å². The molecule has 0 saturated heterocycles. The van der Waals surface area contributed by atoms with E-state index in [-0.39, 0.29) is 11.4 Å². The third kappa shape index (κ3) is 3.50. The van der Waals surface area contributed by atoms with Crippen molar-refractivity contribution in [2.24, 2.45) is 0 Å². The lowest BCUT2D eigenvalue weighted by Gasteiger charge is -2.26. The Morgan fingerprint density at radius 1 is 1.27 bits per heavy atom. The SMILES string of the molecule is COc1ccc2[nH]cc(CCN3C(=O)C(O)=C(C(C)=O)[C@H]3c3cccc(Br)c3)c2c1. The number of nitrogens with one attached hydrogen (secondary N) is 1. The Balaban J connectivity index is 1.67. The summed E-state index contributed by atoms with van der Waals surface area (Å²) in [6.45, 7) is 1.72. The first-order chi connectivity index (χ1) is 14.4. The van der Waals surface area contributed by atoms with Crippen molar-refractivity contribution in [3.05, 3.63) is 75.6 Å². The van der Waals surface area contributed by atoms with Gasteiger partial charge in [0.2, 0.25) is 0 Å². The minimum atomic E-state index is -0.618. The van der Waals surface area contributed by atoms with Crippen LogP contribution in [0.15, 0.2) is 64.5 Å². The summed E-state index contributed by atoms with van der Waals surface area (Å²) in [5.74, 6) is -0.549. The fourth-order valence-corrected chi connectivity index (χ4v) is 4.42. The highest BCUT2D eigenvalue weighted by Gasteiger charge is 2.42. The fourth-order valence-electron chi connectivity index (χ4n) is 4.00. The summed E-state index contributed by atoms with van der Waals surface area (Å²) in [6, 6.07) is 12.6. The summed E-state index contributed by atoms with van der Waals surface area (Å²) in [6.07, 6.45) is 2.47. The molecule has 4 rings (SSSR count). The zero-order chi connectivity index (χ0) is 21.4. The quantitative estimate of drug-likeness (QED) is 0.559. The van der Waals surface area contributed by atoms with E-state index >= 15 is 0 Å². The molecule has 0 fully saturated rings. The molecule has 2 heterocycles. The number of aliphatic hydroxyl groups is 1. The van der Waals surface area contributed by atoms with Gasteiger partial charge < -0.3 is 19.7 Å². The van der Waals surface area contributed by atoms with Crippen LogP contribution in [0.4, 0.5) is 0 Å². The molecule has 1 aliphatic rings. The van der Waals surface area contributed by atoms with Gasteiger partial charge in [0.15, 0.2) is 11.5 Å². The molecular formula is C23H21BrN2O4. The number of benzene rings is 2. The van der Waals surface area contributed by atoms with Crippen LogP contribution in [0.25, 0.3) is 10.9 Å². The van der Waals surface area contributed by atoms with Gasteiger partial charge in [-0.25, -0.2) is 0 Å². The molecule has 7 heteroatoms. The van der Waals surface area contributed by atoms with Gasteiger partial charge in [0.1, 0.15) is 5.75 Å². The maximum Gasteiger partial charge on any atom is 0.290 e. The van der Waals surface area contributed by atoms with Gasteiger partial charge in [-0.1, -0.05) is 28.1 Å². The number of carbonyl (C=O) groups is 2. The van der Waals surface area contributed by atoms with E-state index in [4.69, 9.17) is 4.74 Å².